The van der Waals surface area contributed by atoms with E-state index in [2.05, 4.69) is 16.9 Å². The molecular weight excluding hydrogens is 330 g/mol. The molecule has 0 N–H and O–H groups in total. The molecule has 1 unspecified atom stereocenters. The first-order chi connectivity index (χ1) is 12.5. The van der Waals surface area contributed by atoms with Crippen LogP contribution in [0.4, 0.5) is 8.78 Å². The summed E-state index contributed by atoms with van der Waals surface area (Å²) in [6, 6.07) is 12.4. The van der Waals surface area contributed by atoms with Crippen molar-refractivity contribution in [3.8, 4) is 0 Å². The molecule has 26 heavy (non-hydrogen) atoms. The van der Waals surface area contributed by atoms with E-state index in [9.17, 15) is 8.78 Å². The summed E-state index contributed by atoms with van der Waals surface area (Å²) in [5.41, 5.74) is 3.99. The van der Waals surface area contributed by atoms with E-state index in [1.807, 2.05) is 24.3 Å². The second kappa shape index (κ2) is 6.45. The molecule has 0 amide bonds. The van der Waals surface area contributed by atoms with Gasteiger partial charge >= 0.3 is 0 Å². The number of benzene rings is 2. The predicted octanol–water partition coefficient (Wildman–Crippen LogP) is 5.72. The fourth-order valence-corrected chi connectivity index (χ4v) is 3.29. The average molecular weight is 348 g/mol. The van der Waals surface area contributed by atoms with Gasteiger partial charge in [-0.1, -0.05) is 13.0 Å². The maximum absolute atomic E-state index is 14.4. The highest BCUT2D eigenvalue weighted by Gasteiger charge is 2.11. The number of aromatic nitrogens is 2. The molecule has 0 fully saturated rings. The van der Waals surface area contributed by atoms with Gasteiger partial charge in [-0.15, -0.1) is 0 Å². The van der Waals surface area contributed by atoms with E-state index in [-0.39, 0.29) is 17.6 Å². The molecule has 1 atom stereocenters. The molecule has 2 aromatic heterocycles. The SMILES string of the molecule is Cc1cnc2ccc(CC(C)c3cnc4cc(F)ccc4c3)cc2c1F. The van der Waals surface area contributed by atoms with Crippen LogP contribution in [0.25, 0.3) is 21.8 Å². The van der Waals surface area contributed by atoms with Crippen LogP contribution in [-0.4, -0.2) is 9.97 Å². The smallest absolute Gasteiger partial charge is 0.137 e. The quantitative estimate of drug-likeness (QED) is 0.473. The van der Waals surface area contributed by atoms with Crippen LogP contribution in [-0.2, 0) is 6.42 Å². The summed E-state index contributed by atoms with van der Waals surface area (Å²) in [7, 11) is 0. The van der Waals surface area contributed by atoms with Crippen LogP contribution in [0, 0.1) is 18.6 Å². The van der Waals surface area contributed by atoms with Gasteiger partial charge < -0.3 is 0 Å². The average Bonchev–Trinajstić information content (AvgIpc) is 2.64. The zero-order valence-corrected chi connectivity index (χ0v) is 14.6. The normalized spacial score (nSPS) is 12.6. The Hall–Kier alpha value is -2.88. The Morgan fingerprint density at radius 3 is 2.58 bits per heavy atom. The summed E-state index contributed by atoms with van der Waals surface area (Å²) in [4.78, 5) is 8.65. The molecule has 130 valence electrons. The third-order valence-electron chi connectivity index (χ3n) is 4.82. The van der Waals surface area contributed by atoms with Gasteiger partial charge in [0.15, 0.2) is 0 Å². The predicted molar refractivity (Wildman–Crippen MR) is 100 cm³/mol. The zero-order chi connectivity index (χ0) is 18.3. The van der Waals surface area contributed by atoms with Gasteiger partial charge in [-0.3, -0.25) is 9.97 Å². The molecule has 0 bridgehead atoms. The fraction of sp³-hybridized carbons (Fsp3) is 0.182. The van der Waals surface area contributed by atoms with Gasteiger partial charge in [0.1, 0.15) is 11.6 Å². The van der Waals surface area contributed by atoms with Crippen molar-refractivity contribution in [3.05, 3.63) is 83.2 Å². The van der Waals surface area contributed by atoms with Crippen LogP contribution in [0.1, 0.15) is 29.5 Å². The number of nitrogens with zero attached hydrogens (tertiary/aromatic N) is 2. The van der Waals surface area contributed by atoms with Gasteiger partial charge in [0.05, 0.1) is 11.0 Å². The summed E-state index contributed by atoms with van der Waals surface area (Å²) >= 11 is 0. The molecule has 2 nitrogen and oxygen atoms in total. The molecule has 0 aliphatic rings. The minimum Gasteiger partial charge on any atom is -0.256 e. The van der Waals surface area contributed by atoms with Gasteiger partial charge in [-0.2, -0.15) is 0 Å². The van der Waals surface area contributed by atoms with Crippen molar-refractivity contribution in [2.45, 2.75) is 26.2 Å². The van der Waals surface area contributed by atoms with E-state index in [0.717, 1.165) is 22.9 Å². The first-order valence-electron chi connectivity index (χ1n) is 8.60. The van der Waals surface area contributed by atoms with E-state index < -0.39 is 0 Å². The first-order valence-corrected chi connectivity index (χ1v) is 8.60. The summed E-state index contributed by atoms with van der Waals surface area (Å²) in [6.07, 6.45) is 4.11. The minimum absolute atomic E-state index is 0.204. The van der Waals surface area contributed by atoms with Crippen LogP contribution in [0.3, 0.4) is 0 Å². The number of pyridine rings is 2. The lowest BCUT2D eigenvalue weighted by atomic mass is 9.93. The number of hydrogen-bond donors (Lipinski definition) is 0. The Labute approximate surface area is 150 Å². The summed E-state index contributed by atoms with van der Waals surface area (Å²) in [5, 5.41) is 1.47. The number of halogens is 2. The number of aryl methyl sites for hydroxylation is 1. The number of hydrogen-bond acceptors (Lipinski definition) is 2. The Morgan fingerprint density at radius 2 is 1.73 bits per heavy atom. The maximum Gasteiger partial charge on any atom is 0.137 e. The van der Waals surface area contributed by atoms with Gasteiger partial charge in [-0.25, -0.2) is 8.78 Å². The molecule has 4 heteroatoms. The number of fused-ring (bicyclic) bond motifs is 2. The van der Waals surface area contributed by atoms with Gasteiger partial charge in [-0.05, 0) is 60.7 Å². The van der Waals surface area contributed by atoms with Crippen molar-refractivity contribution < 1.29 is 8.78 Å². The van der Waals surface area contributed by atoms with E-state index >= 15 is 0 Å². The molecule has 2 aromatic carbocycles. The fourth-order valence-electron chi connectivity index (χ4n) is 3.29. The molecule has 0 radical (unpaired) electrons. The largest absolute Gasteiger partial charge is 0.256 e. The molecule has 4 aromatic rings. The van der Waals surface area contributed by atoms with Crippen molar-refractivity contribution >= 4 is 21.8 Å². The van der Waals surface area contributed by atoms with Crippen LogP contribution in [0.5, 0.6) is 0 Å². The van der Waals surface area contributed by atoms with Crippen molar-refractivity contribution in [2.75, 3.05) is 0 Å². The lowest BCUT2D eigenvalue weighted by Gasteiger charge is -2.13. The molecule has 0 aliphatic heterocycles. The zero-order valence-electron chi connectivity index (χ0n) is 14.6. The second-order valence-electron chi connectivity index (χ2n) is 6.82. The third-order valence-corrected chi connectivity index (χ3v) is 4.82. The van der Waals surface area contributed by atoms with Crippen LogP contribution >= 0.6 is 0 Å². The lowest BCUT2D eigenvalue weighted by molar-refractivity contribution is 0.628. The summed E-state index contributed by atoms with van der Waals surface area (Å²) in [5.74, 6) is -0.290. The Kier molecular flexibility index (Phi) is 4.11. The molecule has 0 saturated heterocycles. The van der Waals surface area contributed by atoms with Crippen LogP contribution in [0.2, 0.25) is 0 Å². The maximum atomic E-state index is 14.4. The molecule has 0 saturated carbocycles. The van der Waals surface area contributed by atoms with E-state index in [0.29, 0.717) is 22.0 Å². The van der Waals surface area contributed by atoms with E-state index in [4.69, 9.17) is 0 Å². The lowest BCUT2D eigenvalue weighted by Crippen LogP contribution is -2.00. The highest BCUT2D eigenvalue weighted by molar-refractivity contribution is 5.81. The first kappa shape index (κ1) is 16.6. The second-order valence-corrected chi connectivity index (χ2v) is 6.82. The van der Waals surface area contributed by atoms with Crippen molar-refractivity contribution in [2.24, 2.45) is 0 Å². The summed E-state index contributed by atoms with van der Waals surface area (Å²) < 4.78 is 27.7. The van der Waals surface area contributed by atoms with Gasteiger partial charge in [0.2, 0.25) is 0 Å². The molecule has 0 spiro atoms. The van der Waals surface area contributed by atoms with Gasteiger partial charge in [0, 0.05) is 34.8 Å². The molecular formula is C22H18F2N2. The van der Waals surface area contributed by atoms with Crippen LogP contribution in [0.15, 0.2) is 54.9 Å². The van der Waals surface area contributed by atoms with Crippen molar-refractivity contribution in [1.82, 2.24) is 9.97 Å². The standard InChI is InChI=1S/C22H18F2N2/c1-13(17-9-16-4-5-18(23)10-21(16)26-12-17)7-15-3-6-20-19(8-15)22(24)14(2)11-25-20/h3-6,8-13H,7H2,1-2H3. The third kappa shape index (κ3) is 3.03. The molecule has 2 heterocycles. The minimum atomic E-state index is -0.284. The Morgan fingerprint density at radius 1 is 0.923 bits per heavy atom. The molecule has 4 rings (SSSR count). The number of rotatable bonds is 3. The monoisotopic (exact) mass is 348 g/mol. The van der Waals surface area contributed by atoms with Crippen molar-refractivity contribution in [1.29, 1.82) is 0 Å². The van der Waals surface area contributed by atoms with E-state index in [1.54, 1.807) is 25.4 Å². The molecule has 0 aliphatic carbocycles. The van der Waals surface area contributed by atoms with E-state index in [1.165, 1.54) is 12.1 Å². The Balaban J connectivity index is 1.65. The summed E-state index contributed by atoms with van der Waals surface area (Å²) in [6.45, 7) is 3.84. The van der Waals surface area contributed by atoms with Crippen molar-refractivity contribution in [3.63, 3.8) is 0 Å². The highest BCUT2D eigenvalue weighted by atomic mass is 19.1. The Bertz CT molecular complexity index is 1120. The van der Waals surface area contributed by atoms with Crippen LogP contribution < -0.4 is 0 Å². The highest BCUT2D eigenvalue weighted by Crippen LogP contribution is 2.26. The van der Waals surface area contributed by atoms with Gasteiger partial charge in [0.25, 0.3) is 0 Å². The topological polar surface area (TPSA) is 25.8 Å².